The first kappa shape index (κ1) is 22.7. The van der Waals surface area contributed by atoms with E-state index < -0.39 is 23.0 Å². The smallest absolute Gasteiger partial charge is 0.338 e. The summed E-state index contributed by atoms with van der Waals surface area (Å²) in [5.41, 5.74) is 1.52. The van der Waals surface area contributed by atoms with E-state index in [2.05, 4.69) is 15.7 Å². The normalized spacial score (nSPS) is 15.7. The number of benzene rings is 1. The molecule has 2 heterocycles. The van der Waals surface area contributed by atoms with Gasteiger partial charge in [-0.1, -0.05) is 6.07 Å². The maximum atomic E-state index is 12.9. The quantitative estimate of drug-likeness (QED) is 0.337. The van der Waals surface area contributed by atoms with Crippen molar-refractivity contribution in [2.45, 2.75) is 26.1 Å². The molecule has 12 heteroatoms. The van der Waals surface area contributed by atoms with E-state index in [1.165, 1.54) is 18.0 Å². The van der Waals surface area contributed by atoms with Crippen molar-refractivity contribution in [3.8, 4) is 5.75 Å². The molecule has 0 bridgehead atoms. The van der Waals surface area contributed by atoms with Gasteiger partial charge in [0.15, 0.2) is 0 Å². The van der Waals surface area contributed by atoms with Crippen LogP contribution in [0.25, 0.3) is 0 Å². The molecule has 0 saturated heterocycles. The van der Waals surface area contributed by atoms with Gasteiger partial charge in [-0.2, -0.15) is 5.10 Å². The van der Waals surface area contributed by atoms with Gasteiger partial charge in [0.1, 0.15) is 18.1 Å². The van der Waals surface area contributed by atoms with Crippen LogP contribution in [0.2, 0.25) is 0 Å². The Hall–Kier alpha value is -3.93. The number of urea groups is 1. The van der Waals surface area contributed by atoms with Gasteiger partial charge in [-0.3, -0.25) is 14.8 Å². The van der Waals surface area contributed by atoms with Crippen LogP contribution in [0.4, 0.5) is 10.5 Å². The summed E-state index contributed by atoms with van der Waals surface area (Å²) in [5, 5.41) is 20.2. The summed E-state index contributed by atoms with van der Waals surface area (Å²) in [7, 11) is 3.08. The minimum absolute atomic E-state index is 0.0764. The van der Waals surface area contributed by atoms with Gasteiger partial charge < -0.3 is 24.8 Å². The molecule has 1 aromatic heterocycles. The van der Waals surface area contributed by atoms with E-state index in [0.29, 0.717) is 11.3 Å². The number of methoxy groups -OCH3 is 2. The van der Waals surface area contributed by atoms with Crippen molar-refractivity contribution >= 4 is 17.7 Å². The number of esters is 1. The van der Waals surface area contributed by atoms with E-state index in [4.69, 9.17) is 14.2 Å². The van der Waals surface area contributed by atoms with Crippen LogP contribution in [0.15, 0.2) is 41.9 Å². The van der Waals surface area contributed by atoms with E-state index in [0.717, 1.165) is 11.8 Å². The number of carbonyl (C=O) groups excluding carboxylic acids is 2. The largest absolute Gasteiger partial charge is 0.496 e. The fourth-order valence-corrected chi connectivity index (χ4v) is 3.38. The molecule has 2 N–H and O–H groups in total. The molecule has 0 unspecified atom stereocenters. The van der Waals surface area contributed by atoms with Gasteiger partial charge in [-0.15, -0.1) is 0 Å². The van der Waals surface area contributed by atoms with Crippen LogP contribution in [0, 0.1) is 10.1 Å². The molecule has 0 fully saturated rings. The van der Waals surface area contributed by atoms with E-state index in [9.17, 15) is 19.7 Å². The van der Waals surface area contributed by atoms with Crippen LogP contribution in [0.5, 0.6) is 5.75 Å². The Morgan fingerprint density at radius 2 is 2.12 bits per heavy atom. The lowest BCUT2D eigenvalue weighted by Gasteiger charge is -2.29. The van der Waals surface area contributed by atoms with Crippen molar-refractivity contribution in [1.82, 2.24) is 20.4 Å². The fraction of sp³-hybridized carbons (Fsp3) is 0.350. The fourth-order valence-electron chi connectivity index (χ4n) is 3.38. The van der Waals surface area contributed by atoms with E-state index in [-0.39, 0.29) is 36.7 Å². The summed E-state index contributed by atoms with van der Waals surface area (Å²) in [6.45, 7) is 1.98. The Kier molecular flexibility index (Phi) is 7.05. The van der Waals surface area contributed by atoms with Crippen LogP contribution >= 0.6 is 0 Å². The molecule has 3 rings (SSSR count). The molecule has 12 nitrogen and oxygen atoms in total. The second kappa shape index (κ2) is 9.92. The lowest BCUT2D eigenvalue weighted by Crippen LogP contribution is -2.47. The Balaban J connectivity index is 2.07. The zero-order valence-electron chi connectivity index (χ0n) is 17.8. The second-order valence-electron chi connectivity index (χ2n) is 6.80. The van der Waals surface area contributed by atoms with Crippen molar-refractivity contribution in [2.24, 2.45) is 0 Å². The summed E-state index contributed by atoms with van der Waals surface area (Å²) in [4.78, 5) is 35.7. The highest BCUT2D eigenvalue weighted by atomic mass is 16.6. The monoisotopic (exact) mass is 445 g/mol. The zero-order valence-corrected chi connectivity index (χ0v) is 17.8. The number of carbonyl (C=O) groups is 2. The Labute approximate surface area is 183 Å². The van der Waals surface area contributed by atoms with Crippen LogP contribution in [0.3, 0.4) is 0 Å². The van der Waals surface area contributed by atoms with Crippen LogP contribution in [-0.4, -0.2) is 47.5 Å². The number of amides is 2. The third-order valence-corrected chi connectivity index (χ3v) is 4.74. The summed E-state index contributed by atoms with van der Waals surface area (Å²) < 4.78 is 17.1. The Morgan fingerprint density at radius 3 is 2.75 bits per heavy atom. The van der Waals surface area contributed by atoms with E-state index in [1.54, 1.807) is 32.2 Å². The number of rotatable bonds is 9. The first-order chi connectivity index (χ1) is 15.4. The van der Waals surface area contributed by atoms with Gasteiger partial charge in [0.05, 0.1) is 49.1 Å². The highest BCUT2D eigenvalue weighted by molar-refractivity contribution is 5.95. The van der Waals surface area contributed by atoms with Crippen LogP contribution in [-0.2, 0) is 27.4 Å². The molecule has 32 heavy (non-hydrogen) atoms. The first-order valence-corrected chi connectivity index (χ1v) is 9.68. The number of aromatic nitrogens is 2. The van der Waals surface area contributed by atoms with Crippen molar-refractivity contribution in [3.63, 3.8) is 0 Å². The summed E-state index contributed by atoms with van der Waals surface area (Å²) in [6, 6.07) is 3.85. The summed E-state index contributed by atoms with van der Waals surface area (Å²) >= 11 is 0. The third kappa shape index (κ3) is 4.86. The topological polar surface area (TPSA) is 147 Å². The highest BCUT2D eigenvalue weighted by Gasteiger charge is 2.34. The third-order valence-electron chi connectivity index (χ3n) is 4.74. The van der Waals surface area contributed by atoms with Gasteiger partial charge in [-0.05, 0) is 24.6 Å². The highest BCUT2D eigenvalue weighted by Crippen LogP contribution is 2.32. The number of nitrogens with zero attached hydrogens (tertiary/aromatic N) is 3. The molecule has 1 aromatic carbocycles. The minimum Gasteiger partial charge on any atom is -0.496 e. The number of ether oxygens (including phenoxy) is 3. The molecule has 0 saturated carbocycles. The predicted octanol–water partition coefficient (Wildman–Crippen LogP) is 1.82. The molecular formula is C20H23N5O7. The second-order valence-corrected chi connectivity index (χ2v) is 6.80. The number of nitro groups is 1. The lowest BCUT2D eigenvalue weighted by molar-refractivity contribution is -0.385. The molecule has 1 aliphatic rings. The maximum absolute atomic E-state index is 12.9. The number of hydrogen-bond acceptors (Lipinski definition) is 8. The van der Waals surface area contributed by atoms with Crippen molar-refractivity contribution in [2.75, 3.05) is 20.8 Å². The summed E-state index contributed by atoms with van der Waals surface area (Å²) in [6.07, 6.45) is 2.30. The predicted molar refractivity (Wildman–Crippen MR) is 111 cm³/mol. The van der Waals surface area contributed by atoms with Gasteiger partial charge in [0, 0.05) is 12.7 Å². The molecule has 0 spiro atoms. The molecular weight excluding hydrogens is 422 g/mol. The molecule has 2 aromatic rings. The first-order valence-electron chi connectivity index (χ1n) is 9.68. The van der Waals surface area contributed by atoms with Gasteiger partial charge in [-0.25, -0.2) is 9.59 Å². The van der Waals surface area contributed by atoms with Crippen LogP contribution < -0.4 is 15.4 Å². The van der Waals surface area contributed by atoms with Crippen LogP contribution in [0.1, 0.15) is 24.1 Å². The van der Waals surface area contributed by atoms with E-state index in [1.807, 2.05) is 0 Å². The maximum Gasteiger partial charge on any atom is 0.338 e. The average molecular weight is 445 g/mol. The molecule has 1 aliphatic heterocycles. The zero-order chi connectivity index (χ0) is 23.3. The van der Waals surface area contributed by atoms with E-state index >= 15 is 0 Å². The minimum atomic E-state index is -0.829. The van der Waals surface area contributed by atoms with Gasteiger partial charge in [0.25, 0.3) is 0 Å². The number of allylic oxidation sites excluding steroid dienone is 1. The Bertz CT molecular complexity index is 1060. The molecule has 0 radical (unpaired) electrons. The lowest BCUT2D eigenvalue weighted by atomic mass is 9.93. The van der Waals surface area contributed by atoms with Gasteiger partial charge in [0.2, 0.25) is 0 Å². The average Bonchev–Trinajstić information content (AvgIpc) is 3.22. The standard InChI is InChI=1S/C20H23N5O7/c1-4-32-19(26)17-15(10-24-9-14(8-21-24)25(28)29)22-20(27)23-18(17)12-5-6-16(31-3)13(7-12)11-30-2/h5-9,18H,4,10-11H2,1-3H3,(H2,22,23,27)/t18-/m0/s1. The Morgan fingerprint density at radius 1 is 1.34 bits per heavy atom. The van der Waals surface area contributed by atoms with Crippen molar-refractivity contribution < 1.29 is 28.7 Å². The van der Waals surface area contributed by atoms with Gasteiger partial charge >= 0.3 is 17.7 Å². The molecule has 0 aliphatic carbocycles. The number of nitrogens with one attached hydrogen (secondary N) is 2. The summed E-state index contributed by atoms with van der Waals surface area (Å²) in [5.74, 6) is -0.0348. The molecule has 1 atom stereocenters. The molecule has 2 amide bonds. The van der Waals surface area contributed by atoms with Crippen molar-refractivity contribution in [3.05, 3.63) is 63.1 Å². The number of hydrogen-bond donors (Lipinski definition) is 2. The molecule has 170 valence electrons. The van der Waals surface area contributed by atoms with Crippen molar-refractivity contribution in [1.29, 1.82) is 0 Å². The SMILES string of the molecule is CCOC(=O)C1=C(Cn2cc([N+](=O)[O-])cn2)NC(=O)N[C@H]1c1ccc(OC)c(COC)c1.